The number of hydrogen-bond donors (Lipinski definition) is 3. The lowest BCUT2D eigenvalue weighted by atomic mass is 10.1. The lowest BCUT2D eigenvalue weighted by Crippen LogP contribution is -2.39. The van der Waals surface area contributed by atoms with Gasteiger partial charge in [-0.25, -0.2) is 4.98 Å². The molecule has 184 valence electrons. The summed E-state index contributed by atoms with van der Waals surface area (Å²) in [6.45, 7) is 3.25. The van der Waals surface area contributed by atoms with Gasteiger partial charge < -0.3 is 30.1 Å². The van der Waals surface area contributed by atoms with Crippen molar-refractivity contribution in [3.05, 3.63) is 35.9 Å². The largest absolute Gasteiger partial charge is 0.496 e. The van der Waals surface area contributed by atoms with Crippen molar-refractivity contribution in [1.82, 2.24) is 20.3 Å². The smallest absolute Gasteiger partial charge is 0.242 e. The van der Waals surface area contributed by atoms with Gasteiger partial charge in [-0.05, 0) is 49.6 Å². The van der Waals surface area contributed by atoms with Crippen LogP contribution in [0.3, 0.4) is 0 Å². The zero-order valence-corrected chi connectivity index (χ0v) is 19.8. The fourth-order valence-corrected chi connectivity index (χ4v) is 4.53. The highest BCUT2D eigenvalue weighted by molar-refractivity contribution is 5.90. The SMILES string of the molecule is COc1ccc(-c2ccc3c(N4CCOCC4)nc(NC4CCCCNC4=O)nc3n2)cc1CO. The van der Waals surface area contributed by atoms with Gasteiger partial charge in [-0.1, -0.05) is 0 Å². The maximum atomic E-state index is 12.5. The predicted molar refractivity (Wildman–Crippen MR) is 133 cm³/mol. The second-order valence-corrected chi connectivity index (χ2v) is 8.71. The summed E-state index contributed by atoms with van der Waals surface area (Å²) in [7, 11) is 1.58. The number of benzene rings is 1. The van der Waals surface area contributed by atoms with Crippen LogP contribution in [-0.2, 0) is 16.1 Å². The highest BCUT2D eigenvalue weighted by Gasteiger charge is 2.24. The molecular formula is C25H30N6O4. The molecule has 2 aliphatic rings. The molecule has 3 aromatic rings. The van der Waals surface area contributed by atoms with E-state index in [1.54, 1.807) is 7.11 Å². The highest BCUT2D eigenvalue weighted by Crippen LogP contribution is 2.30. The van der Waals surface area contributed by atoms with E-state index in [1.807, 2.05) is 30.3 Å². The summed E-state index contributed by atoms with van der Waals surface area (Å²) in [5, 5.41) is 16.8. The summed E-state index contributed by atoms with van der Waals surface area (Å²) >= 11 is 0. The molecule has 5 rings (SSSR count). The van der Waals surface area contributed by atoms with Crippen molar-refractivity contribution in [2.45, 2.75) is 31.9 Å². The lowest BCUT2D eigenvalue weighted by molar-refractivity contribution is -0.121. The minimum Gasteiger partial charge on any atom is -0.496 e. The average molecular weight is 479 g/mol. The predicted octanol–water partition coefficient (Wildman–Crippen LogP) is 2.11. The van der Waals surface area contributed by atoms with Crippen molar-refractivity contribution in [1.29, 1.82) is 0 Å². The first-order chi connectivity index (χ1) is 17.2. The Morgan fingerprint density at radius 1 is 1.17 bits per heavy atom. The van der Waals surface area contributed by atoms with Crippen LogP contribution in [-0.4, -0.2) is 72.0 Å². The number of carbonyl (C=O) groups excluding carboxylic acids is 1. The molecule has 2 aliphatic heterocycles. The van der Waals surface area contributed by atoms with E-state index in [-0.39, 0.29) is 18.6 Å². The first-order valence-corrected chi connectivity index (χ1v) is 12.0. The summed E-state index contributed by atoms with van der Waals surface area (Å²) in [5.41, 5.74) is 2.79. The number of pyridine rings is 1. The number of nitrogens with one attached hydrogen (secondary N) is 2. The van der Waals surface area contributed by atoms with Gasteiger partial charge >= 0.3 is 0 Å². The molecule has 3 N–H and O–H groups in total. The Kier molecular flexibility index (Phi) is 6.91. The number of fused-ring (bicyclic) bond motifs is 1. The molecular weight excluding hydrogens is 448 g/mol. The fourth-order valence-electron chi connectivity index (χ4n) is 4.53. The van der Waals surface area contributed by atoms with Gasteiger partial charge in [0.25, 0.3) is 0 Å². The van der Waals surface area contributed by atoms with Crippen molar-refractivity contribution < 1.29 is 19.4 Å². The van der Waals surface area contributed by atoms with Crippen LogP contribution in [0, 0.1) is 0 Å². The number of methoxy groups -OCH3 is 1. The van der Waals surface area contributed by atoms with Gasteiger partial charge in [-0.2, -0.15) is 9.97 Å². The van der Waals surface area contributed by atoms with Crippen molar-refractivity contribution in [2.75, 3.05) is 50.2 Å². The van der Waals surface area contributed by atoms with E-state index in [4.69, 9.17) is 24.4 Å². The van der Waals surface area contributed by atoms with Gasteiger partial charge in [0.2, 0.25) is 11.9 Å². The molecule has 4 heterocycles. The number of aromatic nitrogens is 3. The normalized spacial score (nSPS) is 18.7. The third-order valence-corrected chi connectivity index (χ3v) is 6.44. The van der Waals surface area contributed by atoms with E-state index in [2.05, 4.69) is 15.5 Å². The van der Waals surface area contributed by atoms with Gasteiger partial charge in [-0.15, -0.1) is 0 Å². The molecule has 0 radical (unpaired) electrons. The summed E-state index contributed by atoms with van der Waals surface area (Å²) < 4.78 is 10.9. The first-order valence-electron chi connectivity index (χ1n) is 12.0. The maximum absolute atomic E-state index is 12.5. The number of nitrogens with zero attached hydrogens (tertiary/aromatic N) is 4. The number of rotatable bonds is 6. The number of aliphatic hydroxyl groups is 1. The number of aliphatic hydroxyl groups excluding tert-OH is 1. The Hall–Kier alpha value is -3.50. The molecule has 1 atom stereocenters. The molecule has 0 aliphatic carbocycles. The molecule has 2 fully saturated rings. The summed E-state index contributed by atoms with van der Waals surface area (Å²) in [6, 6.07) is 9.13. The Bertz CT molecular complexity index is 1210. The Morgan fingerprint density at radius 3 is 2.83 bits per heavy atom. The van der Waals surface area contributed by atoms with Crippen LogP contribution in [0.1, 0.15) is 24.8 Å². The Labute approximate surface area is 203 Å². The van der Waals surface area contributed by atoms with Gasteiger partial charge in [-0.3, -0.25) is 4.79 Å². The van der Waals surface area contributed by atoms with E-state index in [9.17, 15) is 9.90 Å². The molecule has 1 aromatic carbocycles. The van der Waals surface area contributed by atoms with E-state index >= 15 is 0 Å². The third-order valence-electron chi connectivity index (χ3n) is 6.44. The molecule has 1 amide bonds. The summed E-state index contributed by atoms with van der Waals surface area (Å²) in [6.07, 6.45) is 2.64. The number of hydrogen-bond acceptors (Lipinski definition) is 9. The Balaban J connectivity index is 1.56. The number of morpholine rings is 1. The second-order valence-electron chi connectivity index (χ2n) is 8.71. The molecule has 0 spiro atoms. The van der Waals surface area contributed by atoms with E-state index in [0.29, 0.717) is 42.7 Å². The van der Waals surface area contributed by atoms with Crippen molar-refractivity contribution >= 4 is 28.7 Å². The van der Waals surface area contributed by atoms with Crippen molar-refractivity contribution in [3.63, 3.8) is 0 Å². The highest BCUT2D eigenvalue weighted by atomic mass is 16.5. The minimum atomic E-state index is -0.385. The van der Waals surface area contributed by atoms with Gasteiger partial charge in [0.15, 0.2) is 5.65 Å². The topological polar surface area (TPSA) is 122 Å². The van der Waals surface area contributed by atoms with Crippen LogP contribution in [0.25, 0.3) is 22.3 Å². The zero-order valence-electron chi connectivity index (χ0n) is 19.8. The average Bonchev–Trinajstić information content (AvgIpc) is 3.11. The third kappa shape index (κ3) is 4.98. The monoisotopic (exact) mass is 478 g/mol. The number of ether oxygens (including phenoxy) is 2. The van der Waals surface area contributed by atoms with Crippen molar-refractivity contribution in [2.24, 2.45) is 0 Å². The van der Waals surface area contributed by atoms with Crippen LogP contribution >= 0.6 is 0 Å². The molecule has 35 heavy (non-hydrogen) atoms. The molecule has 0 bridgehead atoms. The Morgan fingerprint density at radius 2 is 2.03 bits per heavy atom. The summed E-state index contributed by atoms with van der Waals surface area (Å²) in [5.74, 6) is 1.76. The number of carbonyl (C=O) groups is 1. The molecule has 0 saturated carbocycles. The maximum Gasteiger partial charge on any atom is 0.242 e. The van der Waals surface area contributed by atoms with Crippen molar-refractivity contribution in [3.8, 4) is 17.0 Å². The standard InChI is InChI=1S/C25H30N6O4/c1-34-21-8-5-16(14-17(21)15-32)19-7-6-18-22(27-19)29-25(28-20-4-2-3-9-26-24(20)33)30-23(18)31-10-12-35-13-11-31/h5-8,14,20,32H,2-4,9-13,15H2,1H3,(H,26,33)(H,27,28,29,30). The van der Waals surface area contributed by atoms with Crippen LogP contribution < -0.4 is 20.3 Å². The van der Waals surface area contributed by atoms with Crippen LogP contribution in [0.15, 0.2) is 30.3 Å². The molecule has 2 saturated heterocycles. The zero-order chi connectivity index (χ0) is 24.2. The second kappa shape index (κ2) is 10.4. The van der Waals surface area contributed by atoms with Crippen LogP contribution in [0.4, 0.5) is 11.8 Å². The molecule has 2 aromatic heterocycles. The van der Waals surface area contributed by atoms with Crippen LogP contribution in [0.2, 0.25) is 0 Å². The van der Waals surface area contributed by atoms with Crippen LogP contribution in [0.5, 0.6) is 5.75 Å². The minimum absolute atomic E-state index is 0.0319. The quantitative estimate of drug-likeness (QED) is 0.489. The number of anilines is 2. The van der Waals surface area contributed by atoms with E-state index in [0.717, 1.165) is 54.8 Å². The first kappa shape index (κ1) is 23.3. The van der Waals surface area contributed by atoms with Gasteiger partial charge in [0.1, 0.15) is 17.6 Å². The van der Waals surface area contributed by atoms with E-state index in [1.165, 1.54) is 0 Å². The lowest BCUT2D eigenvalue weighted by Gasteiger charge is -2.29. The van der Waals surface area contributed by atoms with Gasteiger partial charge in [0, 0.05) is 30.8 Å². The van der Waals surface area contributed by atoms with Gasteiger partial charge in [0.05, 0.1) is 38.0 Å². The molecule has 1 unspecified atom stereocenters. The summed E-state index contributed by atoms with van der Waals surface area (Å²) in [4.78, 5) is 29.1. The number of amides is 1. The molecule has 10 nitrogen and oxygen atoms in total. The van der Waals surface area contributed by atoms with E-state index < -0.39 is 0 Å². The molecule has 10 heteroatoms. The fraction of sp³-hybridized carbons (Fsp3) is 0.440.